The van der Waals surface area contributed by atoms with Crippen molar-refractivity contribution in [3.05, 3.63) is 52.3 Å². The van der Waals surface area contributed by atoms with E-state index in [0.29, 0.717) is 12.2 Å². The van der Waals surface area contributed by atoms with E-state index in [1.165, 1.54) is 16.7 Å². The number of nitrogens with zero attached hydrogens (tertiary/aromatic N) is 1. The minimum atomic E-state index is -0.0137. The number of aliphatic imine (C=N–C) groups is 1. The molecule has 112 valence electrons. The van der Waals surface area contributed by atoms with Gasteiger partial charge in [-0.25, -0.2) is 0 Å². The quantitative estimate of drug-likeness (QED) is 0.771. The number of benzene rings is 1. The first kappa shape index (κ1) is 15.6. The summed E-state index contributed by atoms with van der Waals surface area (Å²) in [6, 6.07) is 6.42. The molecule has 0 bridgehead atoms. The Labute approximate surface area is 127 Å². The minimum Gasteiger partial charge on any atom is -0.505 e. The predicted molar refractivity (Wildman–Crippen MR) is 91.0 cm³/mol. The number of aliphatic hydroxyl groups is 1. The highest BCUT2D eigenvalue weighted by Crippen LogP contribution is 2.41. The van der Waals surface area contributed by atoms with Crippen molar-refractivity contribution in [1.82, 2.24) is 0 Å². The van der Waals surface area contributed by atoms with E-state index in [0.717, 1.165) is 16.8 Å². The van der Waals surface area contributed by atoms with Gasteiger partial charge in [0.05, 0.1) is 5.71 Å². The zero-order chi connectivity index (χ0) is 15.8. The Morgan fingerprint density at radius 1 is 1.05 bits per heavy atom. The van der Waals surface area contributed by atoms with Crippen LogP contribution in [0.1, 0.15) is 43.9 Å². The van der Waals surface area contributed by atoms with Crippen molar-refractivity contribution in [2.75, 3.05) is 7.05 Å². The number of allylic oxidation sites excluding steroid dienone is 4. The number of aliphatic hydroxyl groups excluding tert-OH is 1. The summed E-state index contributed by atoms with van der Waals surface area (Å²) in [4.78, 5) is 4.23. The highest BCUT2D eigenvalue weighted by atomic mass is 16.3. The molecule has 1 aliphatic rings. The van der Waals surface area contributed by atoms with Gasteiger partial charge in [-0.15, -0.1) is 0 Å². The first-order valence-electron chi connectivity index (χ1n) is 7.43. The Hall–Kier alpha value is -1.83. The second kappa shape index (κ2) is 5.51. The maximum absolute atomic E-state index is 10.7. The van der Waals surface area contributed by atoms with Crippen molar-refractivity contribution in [2.45, 2.75) is 41.0 Å². The Kier molecular flexibility index (Phi) is 4.08. The summed E-state index contributed by atoms with van der Waals surface area (Å²) in [6.45, 7) is 10.7. The molecule has 0 amide bonds. The lowest BCUT2D eigenvalue weighted by atomic mass is 9.75. The SMILES string of the molecule is CN=C1CC=C(C(C)(C)C)C(c2cc(C)cc(C)c2)=C1O. The summed E-state index contributed by atoms with van der Waals surface area (Å²) in [6.07, 6.45) is 2.90. The molecule has 1 aromatic rings. The normalized spacial score (nSPS) is 18.2. The van der Waals surface area contributed by atoms with Gasteiger partial charge < -0.3 is 5.11 Å². The second-order valence-electron chi connectivity index (χ2n) is 6.84. The molecule has 0 radical (unpaired) electrons. The van der Waals surface area contributed by atoms with E-state index in [2.05, 4.69) is 63.9 Å². The highest BCUT2D eigenvalue weighted by Gasteiger charge is 2.29. The number of hydrogen-bond acceptors (Lipinski definition) is 2. The molecule has 0 heterocycles. The van der Waals surface area contributed by atoms with Crippen LogP contribution in [0.2, 0.25) is 0 Å². The first-order valence-corrected chi connectivity index (χ1v) is 7.43. The summed E-state index contributed by atoms with van der Waals surface area (Å²) in [5, 5.41) is 10.7. The summed E-state index contributed by atoms with van der Waals surface area (Å²) in [7, 11) is 1.74. The summed E-state index contributed by atoms with van der Waals surface area (Å²) in [5.74, 6) is 0.329. The van der Waals surface area contributed by atoms with Gasteiger partial charge in [0, 0.05) is 19.0 Å². The van der Waals surface area contributed by atoms with Crippen molar-refractivity contribution >= 4 is 11.3 Å². The third-order valence-corrected chi connectivity index (χ3v) is 3.87. The smallest absolute Gasteiger partial charge is 0.144 e. The van der Waals surface area contributed by atoms with E-state index in [1.807, 2.05) is 0 Å². The Bertz CT molecular complexity index is 634. The molecule has 0 spiro atoms. The van der Waals surface area contributed by atoms with E-state index in [-0.39, 0.29) is 5.41 Å². The van der Waals surface area contributed by atoms with Crippen molar-refractivity contribution in [2.24, 2.45) is 10.4 Å². The lowest BCUT2D eigenvalue weighted by molar-refractivity contribution is 0.437. The molecule has 0 saturated carbocycles. The molecule has 0 atom stereocenters. The summed E-state index contributed by atoms with van der Waals surface area (Å²) in [5.41, 5.74) is 6.36. The van der Waals surface area contributed by atoms with E-state index < -0.39 is 0 Å². The van der Waals surface area contributed by atoms with Crippen LogP contribution in [0.3, 0.4) is 0 Å². The predicted octanol–water partition coefficient (Wildman–Crippen LogP) is 5.02. The molecule has 21 heavy (non-hydrogen) atoms. The van der Waals surface area contributed by atoms with Crippen molar-refractivity contribution in [1.29, 1.82) is 0 Å². The van der Waals surface area contributed by atoms with Gasteiger partial charge in [0.1, 0.15) is 5.76 Å². The average Bonchev–Trinajstić information content (AvgIpc) is 2.35. The number of rotatable bonds is 1. The van der Waals surface area contributed by atoms with Gasteiger partial charge in [-0.2, -0.15) is 0 Å². The maximum atomic E-state index is 10.7. The molecule has 0 fully saturated rings. The van der Waals surface area contributed by atoms with Gasteiger partial charge in [0.2, 0.25) is 0 Å². The first-order chi connectivity index (χ1) is 9.74. The van der Waals surface area contributed by atoms with Crippen LogP contribution in [0.25, 0.3) is 5.57 Å². The molecule has 0 unspecified atom stereocenters. The largest absolute Gasteiger partial charge is 0.505 e. The van der Waals surface area contributed by atoms with Crippen LogP contribution in [-0.4, -0.2) is 17.9 Å². The molecule has 0 aliphatic heterocycles. The second-order valence-corrected chi connectivity index (χ2v) is 6.84. The van der Waals surface area contributed by atoms with Gasteiger partial charge in [-0.3, -0.25) is 4.99 Å². The van der Waals surface area contributed by atoms with E-state index >= 15 is 0 Å². The summed E-state index contributed by atoms with van der Waals surface area (Å²) >= 11 is 0. The number of aryl methyl sites for hydroxylation is 2. The van der Waals surface area contributed by atoms with Crippen molar-refractivity contribution in [3.8, 4) is 0 Å². The fourth-order valence-corrected chi connectivity index (χ4v) is 2.96. The monoisotopic (exact) mass is 283 g/mol. The van der Waals surface area contributed by atoms with Crippen LogP contribution in [0.15, 0.2) is 40.6 Å². The van der Waals surface area contributed by atoms with Gasteiger partial charge in [0.15, 0.2) is 0 Å². The van der Waals surface area contributed by atoms with Crippen molar-refractivity contribution in [3.63, 3.8) is 0 Å². The van der Waals surface area contributed by atoms with Gasteiger partial charge >= 0.3 is 0 Å². The van der Waals surface area contributed by atoms with Gasteiger partial charge in [-0.1, -0.05) is 56.2 Å². The van der Waals surface area contributed by atoms with Gasteiger partial charge in [-0.05, 0) is 30.4 Å². The zero-order valence-electron chi connectivity index (χ0n) is 13.9. The van der Waals surface area contributed by atoms with E-state index in [1.54, 1.807) is 7.05 Å². The van der Waals surface area contributed by atoms with Crippen LogP contribution in [-0.2, 0) is 0 Å². The molecule has 2 heteroatoms. The molecular weight excluding hydrogens is 258 g/mol. The van der Waals surface area contributed by atoms with Gasteiger partial charge in [0.25, 0.3) is 0 Å². The maximum Gasteiger partial charge on any atom is 0.144 e. The molecule has 1 aromatic carbocycles. The zero-order valence-corrected chi connectivity index (χ0v) is 13.9. The molecule has 2 rings (SSSR count). The van der Waals surface area contributed by atoms with Crippen LogP contribution in [0, 0.1) is 19.3 Å². The molecule has 0 saturated heterocycles. The third-order valence-electron chi connectivity index (χ3n) is 3.87. The Balaban J connectivity index is 2.71. The fourth-order valence-electron chi connectivity index (χ4n) is 2.96. The van der Waals surface area contributed by atoms with Crippen LogP contribution >= 0.6 is 0 Å². The number of hydrogen-bond donors (Lipinski definition) is 1. The molecule has 2 nitrogen and oxygen atoms in total. The molecular formula is C19H25NO. The van der Waals surface area contributed by atoms with E-state index in [9.17, 15) is 5.11 Å². The average molecular weight is 283 g/mol. The lowest BCUT2D eigenvalue weighted by Gasteiger charge is -2.30. The highest BCUT2D eigenvalue weighted by molar-refractivity contribution is 6.09. The van der Waals surface area contributed by atoms with Crippen molar-refractivity contribution < 1.29 is 5.11 Å². The molecule has 0 aromatic heterocycles. The molecule has 1 aliphatic carbocycles. The van der Waals surface area contributed by atoms with Crippen LogP contribution in [0.4, 0.5) is 0 Å². The van der Waals surface area contributed by atoms with Crippen LogP contribution in [0.5, 0.6) is 0 Å². The van der Waals surface area contributed by atoms with Crippen LogP contribution < -0.4 is 0 Å². The summed E-state index contributed by atoms with van der Waals surface area (Å²) < 4.78 is 0. The fraction of sp³-hybridized carbons (Fsp3) is 0.421. The topological polar surface area (TPSA) is 32.6 Å². The lowest BCUT2D eigenvalue weighted by Crippen LogP contribution is -2.19. The minimum absolute atomic E-state index is 0.0137. The Morgan fingerprint density at radius 2 is 1.62 bits per heavy atom. The third kappa shape index (κ3) is 3.10. The van der Waals surface area contributed by atoms with E-state index in [4.69, 9.17) is 0 Å². The molecule has 1 N–H and O–H groups in total. The standard InChI is InChI=1S/C19H25NO/c1-12-9-13(2)11-14(10-12)17-15(19(3,4)5)7-8-16(20-6)18(17)21/h7,9-11,21H,8H2,1-6H3. The Morgan fingerprint density at radius 3 is 2.10 bits per heavy atom.